The predicted octanol–water partition coefficient (Wildman–Crippen LogP) is 1.36. The van der Waals surface area contributed by atoms with Gasteiger partial charge in [0.05, 0.1) is 6.54 Å². The maximum Gasteiger partial charge on any atom is 0.251 e. The number of hydrogen-bond acceptors (Lipinski definition) is 3. The SMILES string of the molecule is Nc1ccc(Cn2c3c(ccc2=O)CCC3)cn1. The predicted molar refractivity (Wildman–Crippen MR) is 70.5 cm³/mol. The normalized spacial score (nSPS) is 13.6. The molecule has 3 rings (SSSR count). The highest BCUT2D eigenvalue weighted by Gasteiger charge is 2.15. The highest BCUT2D eigenvalue weighted by atomic mass is 16.1. The molecule has 0 saturated heterocycles. The number of anilines is 1. The molecule has 0 aliphatic heterocycles. The molecule has 0 bridgehead atoms. The van der Waals surface area contributed by atoms with Gasteiger partial charge < -0.3 is 10.3 Å². The number of rotatable bonds is 2. The number of hydrogen-bond donors (Lipinski definition) is 1. The number of fused-ring (bicyclic) bond motifs is 1. The Morgan fingerprint density at radius 3 is 2.89 bits per heavy atom. The van der Waals surface area contributed by atoms with Crippen molar-refractivity contribution in [3.8, 4) is 0 Å². The minimum absolute atomic E-state index is 0.0625. The van der Waals surface area contributed by atoms with Gasteiger partial charge in [0.15, 0.2) is 0 Å². The number of aryl methyl sites for hydroxylation is 1. The number of nitrogens with zero attached hydrogens (tertiary/aromatic N) is 2. The fourth-order valence-corrected chi connectivity index (χ4v) is 2.52. The quantitative estimate of drug-likeness (QED) is 0.863. The standard InChI is InChI=1S/C14H15N3O/c15-13-6-4-10(8-16-13)9-17-12-3-1-2-11(12)5-7-14(17)18/h4-8H,1-3,9H2,(H2,15,16). The maximum atomic E-state index is 12.0. The summed E-state index contributed by atoms with van der Waals surface area (Å²) in [6.07, 6.45) is 4.94. The maximum absolute atomic E-state index is 12.0. The van der Waals surface area contributed by atoms with Crippen LogP contribution in [0.15, 0.2) is 35.3 Å². The summed E-state index contributed by atoms with van der Waals surface area (Å²) < 4.78 is 1.86. The third-order valence-electron chi connectivity index (χ3n) is 3.44. The van der Waals surface area contributed by atoms with Crippen LogP contribution in [0.4, 0.5) is 5.82 Å². The van der Waals surface area contributed by atoms with E-state index in [-0.39, 0.29) is 5.56 Å². The van der Waals surface area contributed by atoms with Gasteiger partial charge in [-0.1, -0.05) is 12.1 Å². The summed E-state index contributed by atoms with van der Waals surface area (Å²) in [6.45, 7) is 0.579. The van der Waals surface area contributed by atoms with Gasteiger partial charge in [-0.05, 0) is 36.5 Å². The van der Waals surface area contributed by atoms with Crippen LogP contribution in [0.5, 0.6) is 0 Å². The van der Waals surface area contributed by atoms with E-state index in [1.54, 1.807) is 18.3 Å². The van der Waals surface area contributed by atoms with E-state index in [1.165, 1.54) is 11.3 Å². The van der Waals surface area contributed by atoms with Crippen molar-refractivity contribution in [2.75, 3.05) is 5.73 Å². The lowest BCUT2D eigenvalue weighted by atomic mass is 10.2. The Labute approximate surface area is 105 Å². The molecule has 2 N–H and O–H groups in total. The Balaban J connectivity index is 2.00. The molecule has 0 amide bonds. The number of nitrogen functional groups attached to an aromatic ring is 1. The molecule has 4 nitrogen and oxygen atoms in total. The Hall–Kier alpha value is -2.10. The van der Waals surface area contributed by atoms with Gasteiger partial charge in [0, 0.05) is 18.0 Å². The lowest BCUT2D eigenvalue weighted by Crippen LogP contribution is -2.23. The highest BCUT2D eigenvalue weighted by Crippen LogP contribution is 2.20. The third-order valence-corrected chi connectivity index (χ3v) is 3.44. The van der Waals surface area contributed by atoms with Crippen LogP contribution in [0.1, 0.15) is 23.2 Å². The van der Waals surface area contributed by atoms with E-state index < -0.39 is 0 Å². The summed E-state index contributed by atoms with van der Waals surface area (Å²) in [6, 6.07) is 7.31. The highest BCUT2D eigenvalue weighted by molar-refractivity contribution is 5.31. The first-order valence-electron chi connectivity index (χ1n) is 6.16. The average Bonchev–Trinajstić information content (AvgIpc) is 2.84. The number of nitrogens with two attached hydrogens (primary N) is 1. The lowest BCUT2D eigenvalue weighted by molar-refractivity contribution is 0.705. The average molecular weight is 241 g/mol. The molecular weight excluding hydrogens is 226 g/mol. The Morgan fingerprint density at radius 2 is 2.11 bits per heavy atom. The molecule has 0 unspecified atom stereocenters. The Bertz CT molecular complexity index is 628. The van der Waals surface area contributed by atoms with E-state index in [4.69, 9.17) is 5.73 Å². The second-order valence-corrected chi connectivity index (χ2v) is 4.67. The first-order chi connectivity index (χ1) is 8.74. The van der Waals surface area contributed by atoms with Crippen molar-refractivity contribution in [3.63, 3.8) is 0 Å². The van der Waals surface area contributed by atoms with E-state index in [0.29, 0.717) is 12.4 Å². The fourth-order valence-electron chi connectivity index (χ4n) is 2.52. The van der Waals surface area contributed by atoms with Gasteiger partial charge in [-0.25, -0.2) is 4.98 Å². The molecule has 2 heterocycles. The Kier molecular flexibility index (Phi) is 2.63. The van der Waals surface area contributed by atoms with Crippen LogP contribution in [0.3, 0.4) is 0 Å². The van der Waals surface area contributed by atoms with E-state index in [1.807, 2.05) is 16.7 Å². The van der Waals surface area contributed by atoms with E-state index in [2.05, 4.69) is 4.98 Å². The zero-order valence-electron chi connectivity index (χ0n) is 10.1. The second kappa shape index (κ2) is 4.29. The molecule has 0 aromatic carbocycles. The monoisotopic (exact) mass is 241 g/mol. The fraction of sp³-hybridized carbons (Fsp3) is 0.286. The molecule has 2 aromatic heterocycles. The first kappa shape index (κ1) is 11.0. The molecule has 4 heteroatoms. The molecule has 1 aliphatic carbocycles. The van der Waals surface area contributed by atoms with Crippen LogP contribution >= 0.6 is 0 Å². The molecule has 0 saturated carbocycles. The van der Waals surface area contributed by atoms with Crippen molar-refractivity contribution in [2.45, 2.75) is 25.8 Å². The topological polar surface area (TPSA) is 60.9 Å². The third kappa shape index (κ3) is 1.90. The van der Waals surface area contributed by atoms with Gasteiger partial charge in [-0.3, -0.25) is 4.79 Å². The van der Waals surface area contributed by atoms with Crippen molar-refractivity contribution in [3.05, 3.63) is 57.6 Å². The smallest absolute Gasteiger partial charge is 0.251 e. The van der Waals surface area contributed by atoms with Gasteiger partial charge in [-0.15, -0.1) is 0 Å². The van der Waals surface area contributed by atoms with Crippen LogP contribution in [-0.2, 0) is 19.4 Å². The largest absolute Gasteiger partial charge is 0.384 e. The van der Waals surface area contributed by atoms with Crippen molar-refractivity contribution >= 4 is 5.82 Å². The van der Waals surface area contributed by atoms with Crippen molar-refractivity contribution in [2.24, 2.45) is 0 Å². The van der Waals surface area contributed by atoms with Crippen LogP contribution in [0.2, 0.25) is 0 Å². The number of pyridine rings is 2. The summed E-state index contributed by atoms with van der Waals surface area (Å²) in [4.78, 5) is 16.0. The van der Waals surface area contributed by atoms with Gasteiger partial charge in [0.1, 0.15) is 5.82 Å². The zero-order chi connectivity index (χ0) is 12.5. The molecule has 2 aromatic rings. The Morgan fingerprint density at radius 1 is 1.22 bits per heavy atom. The first-order valence-corrected chi connectivity index (χ1v) is 6.16. The summed E-state index contributed by atoms with van der Waals surface area (Å²) >= 11 is 0. The molecule has 92 valence electrons. The number of aromatic nitrogens is 2. The van der Waals surface area contributed by atoms with Crippen LogP contribution < -0.4 is 11.3 Å². The van der Waals surface area contributed by atoms with Crippen molar-refractivity contribution < 1.29 is 0 Å². The molecule has 0 fully saturated rings. The molecule has 0 spiro atoms. The summed E-state index contributed by atoms with van der Waals surface area (Å²) in [7, 11) is 0. The summed E-state index contributed by atoms with van der Waals surface area (Å²) in [5.41, 5.74) is 9.11. The van der Waals surface area contributed by atoms with Gasteiger partial charge in [-0.2, -0.15) is 0 Å². The van der Waals surface area contributed by atoms with Gasteiger partial charge >= 0.3 is 0 Å². The van der Waals surface area contributed by atoms with E-state index in [0.717, 1.165) is 24.8 Å². The molecule has 18 heavy (non-hydrogen) atoms. The van der Waals surface area contributed by atoms with Crippen LogP contribution in [0.25, 0.3) is 0 Å². The summed E-state index contributed by atoms with van der Waals surface area (Å²) in [5, 5.41) is 0. The van der Waals surface area contributed by atoms with Crippen LogP contribution in [0, 0.1) is 0 Å². The van der Waals surface area contributed by atoms with E-state index >= 15 is 0 Å². The van der Waals surface area contributed by atoms with E-state index in [9.17, 15) is 4.79 Å². The van der Waals surface area contributed by atoms with Gasteiger partial charge in [0.25, 0.3) is 5.56 Å². The van der Waals surface area contributed by atoms with Crippen molar-refractivity contribution in [1.29, 1.82) is 0 Å². The molecular formula is C14H15N3O. The van der Waals surface area contributed by atoms with Crippen LogP contribution in [-0.4, -0.2) is 9.55 Å². The van der Waals surface area contributed by atoms with Gasteiger partial charge in [0.2, 0.25) is 0 Å². The molecule has 1 aliphatic rings. The summed E-state index contributed by atoms with van der Waals surface area (Å²) in [5.74, 6) is 0.504. The minimum atomic E-state index is 0.0625. The molecule has 0 radical (unpaired) electrons. The second-order valence-electron chi connectivity index (χ2n) is 4.67. The van der Waals surface area contributed by atoms with Crippen molar-refractivity contribution in [1.82, 2.24) is 9.55 Å². The minimum Gasteiger partial charge on any atom is -0.384 e. The molecule has 0 atom stereocenters. The lowest BCUT2D eigenvalue weighted by Gasteiger charge is -2.11. The zero-order valence-corrected chi connectivity index (χ0v) is 10.1.